The van der Waals surface area contributed by atoms with Gasteiger partial charge >= 0.3 is 6.09 Å². The zero-order valence-electron chi connectivity index (χ0n) is 12.4. The Kier molecular flexibility index (Phi) is 3.73. The molecular weight excluding hydrogens is 374 g/mol. The van der Waals surface area contributed by atoms with E-state index >= 15 is 0 Å². The van der Waals surface area contributed by atoms with Crippen LogP contribution >= 0.6 is 15.9 Å². The van der Waals surface area contributed by atoms with Gasteiger partial charge < -0.3 is 10.1 Å². The first-order chi connectivity index (χ1) is 11.7. The van der Waals surface area contributed by atoms with Gasteiger partial charge in [-0.05, 0) is 40.2 Å². The van der Waals surface area contributed by atoms with Gasteiger partial charge in [0, 0.05) is 22.0 Å². The third-order valence-corrected chi connectivity index (χ3v) is 4.06. The van der Waals surface area contributed by atoms with Crippen molar-refractivity contribution in [2.75, 3.05) is 23.4 Å². The third kappa shape index (κ3) is 2.76. The summed E-state index contributed by atoms with van der Waals surface area (Å²) < 4.78 is 5.83. The van der Waals surface area contributed by atoms with Crippen molar-refractivity contribution in [1.29, 1.82) is 0 Å². The lowest BCUT2D eigenvalue weighted by Gasteiger charge is -2.14. The number of nitrogens with zero attached hydrogens (tertiary/aromatic N) is 4. The van der Waals surface area contributed by atoms with Crippen molar-refractivity contribution in [3.8, 4) is 0 Å². The minimum atomic E-state index is -0.328. The molecule has 1 N–H and O–H groups in total. The second-order valence-electron chi connectivity index (χ2n) is 5.18. The van der Waals surface area contributed by atoms with E-state index in [1.807, 2.05) is 30.3 Å². The van der Waals surface area contributed by atoms with Crippen molar-refractivity contribution >= 4 is 50.2 Å². The maximum Gasteiger partial charge on any atom is 0.414 e. The first-order valence-electron chi connectivity index (χ1n) is 7.28. The van der Waals surface area contributed by atoms with Gasteiger partial charge in [-0.1, -0.05) is 6.07 Å². The topological polar surface area (TPSA) is 80.2 Å². The van der Waals surface area contributed by atoms with Gasteiger partial charge in [0.25, 0.3) is 0 Å². The number of cyclic esters (lactones) is 1. The van der Waals surface area contributed by atoms with Crippen LogP contribution in [-0.2, 0) is 4.74 Å². The van der Waals surface area contributed by atoms with E-state index in [1.165, 1.54) is 6.33 Å². The number of carbonyl (C=O) groups is 1. The van der Waals surface area contributed by atoms with Crippen LogP contribution in [0.2, 0.25) is 0 Å². The SMILES string of the molecule is O=C1OCCN1c1cccc(Nc2ncnc3cc(Br)cnc23)c1. The summed E-state index contributed by atoms with van der Waals surface area (Å²) in [6, 6.07) is 9.39. The first-order valence-corrected chi connectivity index (χ1v) is 8.08. The zero-order valence-corrected chi connectivity index (χ0v) is 14.0. The van der Waals surface area contributed by atoms with Crippen LogP contribution in [0.25, 0.3) is 11.0 Å². The molecule has 0 unspecified atom stereocenters. The second-order valence-corrected chi connectivity index (χ2v) is 6.10. The number of halogens is 1. The number of hydrogen-bond donors (Lipinski definition) is 1. The molecule has 1 aromatic carbocycles. The molecule has 24 heavy (non-hydrogen) atoms. The lowest BCUT2D eigenvalue weighted by atomic mass is 10.2. The Bertz CT molecular complexity index is 933. The zero-order chi connectivity index (χ0) is 16.5. The summed E-state index contributed by atoms with van der Waals surface area (Å²) in [5.74, 6) is 0.605. The number of carbonyl (C=O) groups excluding carboxylic acids is 1. The Morgan fingerprint density at radius 3 is 2.96 bits per heavy atom. The number of ether oxygens (including phenoxy) is 1. The predicted octanol–water partition coefficient (Wildman–Crippen LogP) is 3.49. The van der Waals surface area contributed by atoms with E-state index in [1.54, 1.807) is 11.1 Å². The molecule has 1 fully saturated rings. The van der Waals surface area contributed by atoms with Gasteiger partial charge in [0.2, 0.25) is 0 Å². The van der Waals surface area contributed by atoms with E-state index in [-0.39, 0.29) is 6.09 Å². The van der Waals surface area contributed by atoms with Crippen LogP contribution in [0.5, 0.6) is 0 Å². The average molecular weight is 386 g/mol. The van der Waals surface area contributed by atoms with Crippen LogP contribution in [0.15, 0.2) is 47.3 Å². The highest BCUT2D eigenvalue weighted by Gasteiger charge is 2.23. The molecule has 8 heteroatoms. The monoisotopic (exact) mass is 385 g/mol. The van der Waals surface area contributed by atoms with E-state index in [0.717, 1.165) is 21.4 Å². The van der Waals surface area contributed by atoms with Crippen molar-refractivity contribution in [1.82, 2.24) is 15.0 Å². The molecule has 0 atom stereocenters. The summed E-state index contributed by atoms with van der Waals surface area (Å²) in [4.78, 5) is 26.2. The van der Waals surface area contributed by atoms with Crippen LogP contribution in [0.1, 0.15) is 0 Å². The van der Waals surface area contributed by atoms with Gasteiger partial charge in [-0.2, -0.15) is 0 Å². The smallest absolute Gasteiger partial charge is 0.414 e. The molecule has 4 rings (SSSR count). The van der Waals surface area contributed by atoms with Crippen molar-refractivity contribution in [3.63, 3.8) is 0 Å². The summed E-state index contributed by atoms with van der Waals surface area (Å²) in [5.41, 5.74) is 2.99. The molecule has 0 spiro atoms. The van der Waals surface area contributed by atoms with E-state index < -0.39 is 0 Å². The Hall–Kier alpha value is -2.74. The van der Waals surface area contributed by atoms with Crippen LogP contribution in [0.4, 0.5) is 22.0 Å². The standard InChI is InChI=1S/C16H12BrN5O2/c17-10-6-13-14(18-8-10)15(20-9-19-13)21-11-2-1-3-12(7-11)22-4-5-24-16(22)23/h1-3,6-9H,4-5H2,(H,19,20,21). The Morgan fingerprint density at radius 2 is 2.12 bits per heavy atom. The van der Waals surface area contributed by atoms with Crippen molar-refractivity contribution < 1.29 is 9.53 Å². The minimum Gasteiger partial charge on any atom is -0.447 e. The second kappa shape index (κ2) is 6.04. The molecule has 3 heterocycles. The molecule has 0 bridgehead atoms. The average Bonchev–Trinajstić information content (AvgIpc) is 3.01. The quantitative estimate of drug-likeness (QED) is 0.743. The number of aromatic nitrogens is 3. The maximum atomic E-state index is 11.7. The van der Waals surface area contributed by atoms with Gasteiger partial charge in [-0.25, -0.2) is 19.7 Å². The number of fused-ring (bicyclic) bond motifs is 1. The number of rotatable bonds is 3. The van der Waals surface area contributed by atoms with Gasteiger partial charge in [0.15, 0.2) is 5.82 Å². The number of benzene rings is 1. The minimum absolute atomic E-state index is 0.328. The normalized spacial score (nSPS) is 14.0. The van der Waals surface area contributed by atoms with Gasteiger partial charge in [-0.15, -0.1) is 0 Å². The first kappa shape index (κ1) is 14.8. The largest absolute Gasteiger partial charge is 0.447 e. The fourth-order valence-electron chi connectivity index (χ4n) is 2.53. The molecular formula is C16H12BrN5O2. The molecule has 1 aliphatic rings. The van der Waals surface area contributed by atoms with Crippen molar-refractivity contribution in [2.45, 2.75) is 0 Å². The highest BCUT2D eigenvalue weighted by molar-refractivity contribution is 9.10. The molecule has 120 valence electrons. The molecule has 1 aliphatic heterocycles. The molecule has 1 saturated heterocycles. The summed E-state index contributed by atoms with van der Waals surface area (Å²) in [7, 11) is 0. The highest BCUT2D eigenvalue weighted by atomic mass is 79.9. The van der Waals surface area contributed by atoms with E-state index in [4.69, 9.17) is 4.74 Å². The number of nitrogens with one attached hydrogen (secondary N) is 1. The fourth-order valence-corrected chi connectivity index (χ4v) is 2.85. The van der Waals surface area contributed by atoms with Gasteiger partial charge in [0.1, 0.15) is 18.5 Å². The molecule has 0 aliphatic carbocycles. The molecule has 7 nitrogen and oxygen atoms in total. The lowest BCUT2D eigenvalue weighted by Crippen LogP contribution is -2.23. The summed E-state index contributed by atoms with van der Waals surface area (Å²) in [6.07, 6.45) is 2.86. The van der Waals surface area contributed by atoms with Crippen LogP contribution in [0.3, 0.4) is 0 Å². The summed E-state index contributed by atoms with van der Waals surface area (Å²) in [6.45, 7) is 0.958. The van der Waals surface area contributed by atoms with E-state index in [0.29, 0.717) is 24.5 Å². The molecule has 0 saturated carbocycles. The fraction of sp³-hybridized carbons (Fsp3) is 0.125. The third-order valence-electron chi connectivity index (χ3n) is 3.62. The van der Waals surface area contributed by atoms with Gasteiger partial charge in [-0.3, -0.25) is 4.90 Å². The Morgan fingerprint density at radius 1 is 1.21 bits per heavy atom. The van der Waals surface area contributed by atoms with Crippen LogP contribution in [0, 0.1) is 0 Å². The number of anilines is 3. The summed E-state index contributed by atoms with van der Waals surface area (Å²) >= 11 is 3.38. The molecule has 2 aromatic heterocycles. The predicted molar refractivity (Wildman–Crippen MR) is 93.5 cm³/mol. The number of hydrogen-bond acceptors (Lipinski definition) is 6. The van der Waals surface area contributed by atoms with Crippen LogP contribution in [-0.4, -0.2) is 34.2 Å². The highest BCUT2D eigenvalue weighted by Crippen LogP contribution is 2.26. The van der Waals surface area contributed by atoms with E-state index in [9.17, 15) is 4.79 Å². The molecule has 1 amide bonds. The Balaban J connectivity index is 1.67. The van der Waals surface area contributed by atoms with Gasteiger partial charge in [0.05, 0.1) is 12.1 Å². The van der Waals surface area contributed by atoms with Crippen molar-refractivity contribution in [3.05, 3.63) is 47.3 Å². The van der Waals surface area contributed by atoms with Crippen LogP contribution < -0.4 is 10.2 Å². The van der Waals surface area contributed by atoms with E-state index in [2.05, 4.69) is 36.2 Å². The Labute approximate surface area is 145 Å². The van der Waals surface area contributed by atoms with Crippen molar-refractivity contribution in [2.24, 2.45) is 0 Å². The number of amides is 1. The maximum absolute atomic E-state index is 11.7. The lowest BCUT2D eigenvalue weighted by molar-refractivity contribution is 0.181. The summed E-state index contributed by atoms with van der Waals surface area (Å²) in [5, 5.41) is 3.24. The number of pyridine rings is 1. The molecule has 3 aromatic rings. The molecule has 0 radical (unpaired) electrons.